The molecule has 36 heavy (non-hydrogen) atoms. The second-order valence-electron chi connectivity index (χ2n) is 8.49. The van der Waals surface area contributed by atoms with Crippen LogP contribution in [0.2, 0.25) is 0 Å². The first kappa shape index (κ1) is 22.4. The molecule has 0 aliphatic rings. The number of benzene rings is 3. The Balaban J connectivity index is 0.00000240. The van der Waals surface area contributed by atoms with Gasteiger partial charge in [-0.3, -0.25) is 4.98 Å². The third-order valence-electron chi connectivity index (χ3n) is 6.17. The van der Waals surface area contributed by atoms with Crippen LogP contribution in [0.4, 0.5) is 0 Å². The molecule has 4 aromatic heterocycles. The predicted molar refractivity (Wildman–Crippen MR) is 138 cm³/mol. The van der Waals surface area contributed by atoms with Gasteiger partial charge in [0.25, 0.3) is 0 Å². The first-order chi connectivity index (χ1) is 17.2. The zero-order chi connectivity index (χ0) is 23.4. The fraction of sp³-hybridized carbons (Fsp3) is 0.0333. The SMILES string of the molecule is Cc1ccnc(-c2[c-]c(Oc3[c-]c4c(cc3)c3cccnc3n3c5ccccc5nc43)ccc2)c1.[Pd+2]. The largest absolute Gasteiger partial charge is 2.00 e. The number of imidazole rings is 1. The first-order valence-corrected chi connectivity index (χ1v) is 11.4. The Kier molecular flexibility index (Phi) is 5.49. The number of para-hydroxylation sites is 2. The summed E-state index contributed by atoms with van der Waals surface area (Å²) >= 11 is 0. The van der Waals surface area contributed by atoms with Crippen molar-refractivity contribution >= 4 is 38.5 Å². The van der Waals surface area contributed by atoms with Crippen LogP contribution >= 0.6 is 0 Å². The number of nitrogens with zero attached hydrogens (tertiary/aromatic N) is 4. The fourth-order valence-electron chi connectivity index (χ4n) is 4.59. The molecule has 0 N–H and O–H groups in total. The number of hydrogen-bond donors (Lipinski definition) is 0. The average Bonchev–Trinajstić information content (AvgIpc) is 3.29. The van der Waals surface area contributed by atoms with Crippen molar-refractivity contribution < 1.29 is 25.2 Å². The van der Waals surface area contributed by atoms with Crippen LogP contribution in [-0.4, -0.2) is 19.4 Å². The Labute approximate surface area is 221 Å². The number of fused-ring (bicyclic) bond motifs is 8. The summed E-state index contributed by atoms with van der Waals surface area (Å²) in [6.45, 7) is 2.05. The van der Waals surface area contributed by atoms with E-state index in [0.717, 1.165) is 55.3 Å². The minimum absolute atomic E-state index is 0. The van der Waals surface area contributed by atoms with E-state index >= 15 is 0 Å². The van der Waals surface area contributed by atoms with E-state index in [4.69, 9.17) is 9.72 Å². The van der Waals surface area contributed by atoms with Gasteiger partial charge in [-0.25, -0.2) is 4.98 Å². The smallest absolute Gasteiger partial charge is 0.497 e. The Bertz CT molecular complexity index is 1910. The molecular formula is C30H18N4OPd. The first-order valence-electron chi connectivity index (χ1n) is 11.4. The van der Waals surface area contributed by atoms with Gasteiger partial charge in [-0.1, -0.05) is 58.8 Å². The summed E-state index contributed by atoms with van der Waals surface area (Å²) in [5, 5.41) is 2.96. The monoisotopic (exact) mass is 556 g/mol. The maximum atomic E-state index is 6.22. The van der Waals surface area contributed by atoms with Crippen LogP contribution in [0.15, 0.2) is 91.3 Å². The Morgan fingerprint density at radius 1 is 0.750 bits per heavy atom. The molecular weight excluding hydrogens is 539 g/mol. The third-order valence-corrected chi connectivity index (χ3v) is 6.17. The molecule has 0 fully saturated rings. The molecule has 174 valence electrons. The minimum atomic E-state index is 0. The maximum absolute atomic E-state index is 6.22. The number of hydrogen-bond acceptors (Lipinski definition) is 4. The van der Waals surface area contributed by atoms with Crippen LogP contribution in [0, 0.1) is 19.1 Å². The van der Waals surface area contributed by atoms with Crippen molar-refractivity contribution in [1.82, 2.24) is 19.4 Å². The van der Waals surface area contributed by atoms with Crippen LogP contribution in [0.5, 0.6) is 11.5 Å². The Morgan fingerprint density at radius 3 is 2.56 bits per heavy atom. The van der Waals surface area contributed by atoms with E-state index in [1.165, 1.54) is 0 Å². The topological polar surface area (TPSA) is 52.3 Å². The third kappa shape index (κ3) is 3.63. The van der Waals surface area contributed by atoms with Gasteiger partial charge >= 0.3 is 20.4 Å². The molecule has 7 rings (SSSR count). The van der Waals surface area contributed by atoms with Gasteiger partial charge in [0.2, 0.25) is 0 Å². The molecule has 3 aromatic carbocycles. The average molecular weight is 557 g/mol. The molecule has 0 amide bonds. The molecule has 0 aliphatic carbocycles. The normalized spacial score (nSPS) is 11.2. The summed E-state index contributed by atoms with van der Waals surface area (Å²) in [6.07, 6.45) is 3.62. The van der Waals surface area contributed by atoms with Crippen molar-refractivity contribution in [2.45, 2.75) is 6.92 Å². The summed E-state index contributed by atoms with van der Waals surface area (Å²) < 4.78 is 8.32. The molecule has 0 spiro atoms. The van der Waals surface area contributed by atoms with Gasteiger partial charge in [0, 0.05) is 23.9 Å². The molecule has 0 bridgehead atoms. The number of rotatable bonds is 3. The molecule has 0 atom stereocenters. The fourth-order valence-corrected chi connectivity index (χ4v) is 4.59. The van der Waals surface area contributed by atoms with Crippen molar-refractivity contribution in [1.29, 1.82) is 0 Å². The predicted octanol–water partition coefficient (Wildman–Crippen LogP) is 6.95. The second kappa shape index (κ2) is 8.84. The Hall–Kier alpha value is -4.11. The second-order valence-corrected chi connectivity index (χ2v) is 8.49. The summed E-state index contributed by atoms with van der Waals surface area (Å²) in [7, 11) is 0. The number of aromatic nitrogens is 4. The van der Waals surface area contributed by atoms with Crippen molar-refractivity contribution in [2.24, 2.45) is 0 Å². The summed E-state index contributed by atoms with van der Waals surface area (Å²) in [5.74, 6) is 1.20. The van der Waals surface area contributed by atoms with E-state index in [-0.39, 0.29) is 20.4 Å². The van der Waals surface area contributed by atoms with Gasteiger partial charge in [-0.2, -0.15) is 0 Å². The van der Waals surface area contributed by atoms with Gasteiger partial charge in [0.15, 0.2) is 0 Å². The van der Waals surface area contributed by atoms with Gasteiger partial charge in [-0.05, 0) is 42.3 Å². The van der Waals surface area contributed by atoms with E-state index in [1.807, 2.05) is 73.1 Å². The summed E-state index contributed by atoms with van der Waals surface area (Å²) in [5.41, 5.74) is 6.50. The number of aryl methyl sites for hydroxylation is 1. The molecule has 0 saturated carbocycles. The van der Waals surface area contributed by atoms with Gasteiger partial charge in [0.1, 0.15) is 5.65 Å². The summed E-state index contributed by atoms with van der Waals surface area (Å²) in [6, 6.07) is 32.8. The molecule has 4 heterocycles. The van der Waals surface area contributed by atoms with Crippen molar-refractivity contribution in [3.05, 3.63) is 109 Å². The van der Waals surface area contributed by atoms with Crippen LogP contribution in [0.3, 0.4) is 0 Å². The molecule has 0 saturated heterocycles. The van der Waals surface area contributed by atoms with Crippen LogP contribution in [0.25, 0.3) is 49.7 Å². The van der Waals surface area contributed by atoms with Crippen LogP contribution < -0.4 is 4.74 Å². The van der Waals surface area contributed by atoms with Crippen LogP contribution in [-0.2, 0) is 20.4 Å². The van der Waals surface area contributed by atoms with Crippen molar-refractivity contribution in [2.75, 3.05) is 0 Å². The van der Waals surface area contributed by atoms with Gasteiger partial charge in [0.05, 0.1) is 16.7 Å². The Morgan fingerprint density at radius 2 is 1.64 bits per heavy atom. The quantitative estimate of drug-likeness (QED) is 0.134. The molecule has 0 radical (unpaired) electrons. The van der Waals surface area contributed by atoms with E-state index in [9.17, 15) is 0 Å². The molecule has 0 aliphatic heterocycles. The van der Waals surface area contributed by atoms with Crippen molar-refractivity contribution in [3.8, 4) is 22.8 Å². The van der Waals surface area contributed by atoms with Gasteiger partial charge < -0.3 is 14.1 Å². The van der Waals surface area contributed by atoms with E-state index in [0.29, 0.717) is 11.5 Å². The van der Waals surface area contributed by atoms with E-state index in [1.54, 1.807) is 0 Å². The van der Waals surface area contributed by atoms with E-state index in [2.05, 4.69) is 51.6 Å². The number of pyridine rings is 3. The van der Waals surface area contributed by atoms with Crippen molar-refractivity contribution in [3.63, 3.8) is 0 Å². The number of ether oxygens (including phenoxy) is 1. The van der Waals surface area contributed by atoms with Crippen LogP contribution in [0.1, 0.15) is 5.56 Å². The molecule has 7 aromatic rings. The van der Waals surface area contributed by atoms with Gasteiger partial charge in [-0.15, -0.1) is 29.8 Å². The molecule has 0 unspecified atom stereocenters. The zero-order valence-electron chi connectivity index (χ0n) is 19.2. The summed E-state index contributed by atoms with van der Waals surface area (Å²) in [4.78, 5) is 14.1. The molecule has 5 nitrogen and oxygen atoms in total. The maximum Gasteiger partial charge on any atom is 2.00 e. The molecule has 6 heteroatoms. The van der Waals surface area contributed by atoms with E-state index < -0.39 is 0 Å². The standard InChI is InChI=1S/C30H18N4O.Pd/c1-19-13-15-31-27(16-19)20-6-4-7-21(17-20)35-22-11-12-23-24-8-5-14-32-29(24)34-28-10-3-2-9-26(28)33-30(34)25(23)18-22;/h2-16H,1H3;/q-2;+2. The minimum Gasteiger partial charge on any atom is -0.497 e. The zero-order valence-corrected chi connectivity index (χ0v) is 20.7.